The first-order chi connectivity index (χ1) is 29.0. The second kappa shape index (κ2) is 29.2. The summed E-state index contributed by atoms with van der Waals surface area (Å²) in [5.74, 6) is 1.17. The number of sulfone groups is 1. The number of hydrogen-bond acceptors (Lipinski definition) is 11. The van der Waals surface area contributed by atoms with Gasteiger partial charge in [0.25, 0.3) is 11.8 Å². The molecule has 1 aliphatic rings. The summed E-state index contributed by atoms with van der Waals surface area (Å²) in [7, 11) is -2.67. The Morgan fingerprint density at radius 1 is 0.587 bits per heavy atom. The van der Waals surface area contributed by atoms with Crippen LogP contribution in [0.3, 0.4) is 0 Å². The van der Waals surface area contributed by atoms with Gasteiger partial charge in [0.05, 0.1) is 0 Å². The van der Waals surface area contributed by atoms with Crippen molar-refractivity contribution in [2.24, 2.45) is 0 Å². The Labute approximate surface area is 393 Å². The molecular formula is C49H54NNaO11S. The number of imide groups is 1. The van der Waals surface area contributed by atoms with Gasteiger partial charge in [-0.05, 0) is 80.4 Å². The van der Waals surface area contributed by atoms with Crippen LogP contribution in [0.5, 0.6) is 28.7 Å². The van der Waals surface area contributed by atoms with Crippen molar-refractivity contribution in [3.63, 3.8) is 0 Å². The number of amides is 2. The molecule has 63 heavy (non-hydrogen) atoms. The molecule has 6 aromatic rings. The van der Waals surface area contributed by atoms with Crippen molar-refractivity contribution in [1.82, 2.24) is 5.06 Å². The SMILES string of the molecule is C.CS(C)(=O)=O.Cc1ccc(O)cc1.Cc1ccc(OC(=O)ON2C(=O)CCC2=O)cc1.Cc1ccc(OCc2ccccc2)cc1.[Na+].[O-]c1ccc(OCc2ccccc2)cc1. The number of nitrogens with zero attached hydrogens (tertiary/aromatic N) is 1. The smallest absolute Gasteiger partial charge is 0.872 e. The van der Waals surface area contributed by atoms with E-state index in [2.05, 4.69) is 36.0 Å². The van der Waals surface area contributed by atoms with E-state index in [1.807, 2.05) is 86.6 Å². The van der Waals surface area contributed by atoms with Crippen molar-refractivity contribution in [3.05, 3.63) is 186 Å². The van der Waals surface area contributed by atoms with Crippen LogP contribution in [0.1, 0.15) is 48.1 Å². The number of phenols is 1. The van der Waals surface area contributed by atoms with Crippen molar-refractivity contribution >= 4 is 27.8 Å². The summed E-state index contributed by atoms with van der Waals surface area (Å²) in [6.07, 6.45) is 1.32. The summed E-state index contributed by atoms with van der Waals surface area (Å²) >= 11 is 0. The maximum absolute atomic E-state index is 11.4. The van der Waals surface area contributed by atoms with Crippen molar-refractivity contribution in [3.8, 4) is 28.7 Å². The zero-order valence-corrected chi connectivity index (χ0v) is 38.5. The minimum absolute atomic E-state index is 0. The van der Waals surface area contributed by atoms with Crippen LogP contribution in [0.4, 0.5) is 4.79 Å². The Balaban J connectivity index is 0.000000411. The molecule has 0 bridgehead atoms. The quantitative estimate of drug-likeness (QED) is 0.0768. The molecule has 2 amide bonds. The van der Waals surface area contributed by atoms with Gasteiger partial charge in [-0.1, -0.05) is 138 Å². The van der Waals surface area contributed by atoms with Gasteiger partial charge in [-0.2, -0.15) is 0 Å². The molecule has 0 aromatic heterocycles. The van der Waals surface area contributed by atoms with Gasteiger partial charge in [0.2, 0.25) is 0 Å². The molecule has 0 unspecified atom stereocenters. The third kappa shape index (κ3) is 24.8. The number of rotatable bonds is 8. The second-order valence-corrected chi connectivity index (χ2v) is 15.9. The van der Waals surface area contributed by atoms with E-state index in [1.54, 1.807) is 48.5 Å². The van der Waals surface area contributed by atoms with Crippen LogP contribution in [-0.4, -0.2) is 49.1 Å². The molecular weight excluding hydrogens is 834 g/mol. The molecule has 328 valence electrons. The van der Waals surface area contributed by atoms with E-state index in [0.717, 1.165) is 35.1 Å². The van der Waals surface area contributed by atoms with Crippen LogP contribution in [-0.2, 0) is 37.5 Å². The summed E-state index contributed by atoms with van der Waals surface area (Å²) in [5.41, 5.74) is 5.74. The molecule has 0 saturated carbocycles. The first-order valence-electron chi connectivity index (χ1n) is 18.9. The second-order valence-electron chi connectivity index (χ2n) is 13.6. The maximum Gasteiger partial charge on any atom is 1.00 e. The Kier molecular flexibility index (Phi) is 25.5. The molecule has 0 radical (unpaired) electrons. The van der Waals surface area contributed by atoms with Crippen molar-refractivity contribution in [2.45, 2.75) is 54.3 Å². The van der Waals surface area contributed by atoms with E-state index < -0.39 is 27.8 Å². The largest absolute Gasteiger partial charge is 1.00 e. The predicted molar refractivity (Wildman–Crippen MR) is 238 cm³/mol. The van der Waals surface area contributed by atoms with Crippen LogP contribution in [0.25, 0.3) is 0 Å². The molecule has 1 N–H and O–H groups in total. The molecule has 12 nitrogen and oxygen atoms in total. The number of ether oxygens (including phenoxy) is 3. The summed E-state index contributed by atoms with van der Waals surface area (Å²) in [4.78, 5) is 38.3. The Hall–Kier alpha value is -6.12. The number of carbonyl (C=O) groups excluding carboxylic acids is 3. The Morgan fingerprint density at radius 3 is 1.29 bits per heavy atom. The van der Waals surface area contributed by atoms with Crippen LogP contribution in [0.2, 0.25) is 0 Å². The van der Waals surface area contributed by atoms with E-state index in [1.165, 1.54) is 28.8 Å². The standard InChI is InChI=1S/C14H14O.C13H12O2.C12H11NO5.C7H8O.C2H6O2S.CH4.Na/c1-12-7-9-14(10-8-12)15-11-13-5-3-2-4-6-13;14-12-6-8-13(9-7-12)15-10-11-4-2-1-3-5-11;1-8-2-4-9(5-3-8)17-12(16)18-13-10(14)6-7-11(13)15;1-6-2-4-7(8)5-3-6;1-5(2,3)4;;/h2-10H,11H2,1H3;1-9,14H,10H2;2-5H,6-7H2,1H3;2-5,8H,1H3;1-2H3;1H4;/q;;;;;;+1/p-1. The fourth-order valence-corrected chi connectivity index (χ4v) is 4.65. The number of hydrogen-bond donors (Lipinski definition) is 1. The van der Waals surface area contributed by atoms with Crippen molar-refractivity contribution < 1.29 is 81.6 Å². The molecule has 1 fully saturated rings. The normalized spacial score (nSPS) is 11.0. The minimum Gasteiger partial charge on any atom is -0.872 e. The average Bonchev–Trinajstić information content (AvgIpc) is 3.55. The molecule has 1 aliphatic heterocycles. The van der Waals surface area contributed by atoms with Gasteiger partial charge in [-0.25, -0.2) is 13.2 Å². The molecule has 0 spiro atoms. The van der Waals surface area contributed by atoms with Gasteiger partial charge >= 0.3 is 35.7 Å². The molecule has 1 saturated heterocycles. The van der Waals surface area contributed by atoms with Crippen LogP contribution in [0, 0.1) is 20.8 Å². The van der Waals surface area contributed by atoms with Gasteiger partial charge < -0.3 is 24.4 Å². The van der Waals surface area contributed by atoms with Crippen LogP contribution >= 0.6 is 0 Å². The number of carbonyl (C=O) groups is 3. The summed E-state index contributed by atoms with van der Waals surface area (Å²) in [6, 6.07) is 48.4. The van der Waals surface area contributed by atoms with E-state index in [9.17, 15) is 27.9 Å². The molecule has 0 atom stereocenters. The van der Waals surface area contributed by atoms with Gasteiger partial charge in [0.15, 0.2) is 0 Å². The van der Waals surface area contributed by atoms with Gasteiger partial charge in [0.1, 0.15) is 46.0 Å². The van der Waals surface area contributed by atoms with Gasteiger partial charge in [-0.3, -0.25) is 14.4 Å². The predicted octanol–water partition coefficient (Wildman–Crippen LogP) is 6.49. The summed E-state index contributed by atoms with van der Waals surface area (Å²) in [6.45, 7) is 7.10. The number of hydroxylamine groups is 2. The molecule has 14 heteroatoms. The Bertz CT molecular complexity index is 2200. The van der Waals surface area contributed by atoms with E-state index in [0.29, 0.717) is 24.0 Å². The fraction of sp³-hybridized carbons (Fsp3) is 0.204. The average molecular weight is 888 g/mol. The molecule has 1 heterocycles. The molecule has 6 aromatic carbocycles. The minimum atomic E-state index is -2.67. The van der Waals surface area contributed by atoms with Crippen LogP contribution in [0.15, 0.2) is 158 Å². The third-order valence-electron chi connectivity index (χ3n) is 7.77. The zero-order chi connectivity index (χ0) is 44.6. The first-order valence-corrected chi connectivity index (χ1v) is 21.2. The van der Waals surface area contributed by atoms with Crippen LogP contribution < -0.4 is 48.9 Å². The van der Waals surface area contributed by atoms with Crippen molar-refractivity contribution in [1.29, 1.82) is 0 Å². The molecule has 0 aliphatic carbocycles. The van der Waals surface area contributed by atoms with E-state index in [4.69, 9.17) is 19.3 Å². The number of aromatic hydroxyl groups is 1. The first kappa shape index (κ1) is 54.9. The summed E-state index contributed by atoms with van der Waals surface area (Å²) in [5, 5.41) is 20.0. The van der Waals surface area contributed by atoms with Gasteiger partial charge in [0, 0.05) is 25.4 Å². The van der Waals surface area contributed by atoms with E-state index in [-0.39, 0.29) is 61.3 Å². The number of phenolic OH excluding ortho intramolecular Hbond substituents is 1. The molecule has 7 rings (SSSR count). The number of aryl methyl sites for hydroxylation is 3. The van der Waals surface area contributed by atoms with E-state index >= 15 is 0 Å². The monoisotopic (exact) mass is 887 g/mol. The van der Waals surface area contributed by atoms with Crippen molar-refractivity contribution in [2.75, 3.05) is 12.5 Å². The maximum atomic E-state index is 11.4. The fourth-order valence-electron chi connectivity index (χ4n) is 4.65. The summed E-state index contributed by atoms with van der Waals surface area (Å²) < 4.78 is 35.2. The topological polar surface area (TPSA) is 169 Å². The van der Waals surface area contributed by atoms with Gasteiger partial charge in [-0.15, -0.1) is 5.75 Å². The number of benzene rings is 6. The Morgan fingerprint density at radius 2 is 0.921 bits per heavy atom. The zero-order valence-electron chi connectivity index (χ0n) is 35.7. The third-order valence-corrected chi connectivity index (χ3v) is 7.77.